The van der Waals surface area contributed by atoms with Gasteiger partial charge in [0.15, 0.2) is 6.61 Å². The first-order valence-corrected chi connectivity index (χ1v) is 9.26. The fourth-order valence-corrected chi connectivity index (χ4v) is 2.77. The van der Waals surface area contributed by atoms with Gasteiger partial charge in [-0.2, -0.15) is 0 Å². The molecule has 0 fully saturated rings. The molecular weight excluding hydrogens is 382 g/mol. The molecule has 1 unspecified atom stereocenters. The first-order valence-electron chi connectivity index (χ1n) is 9.26. The summed E-state index contributed by atoms with van der Waals surface area (Å²) in [4.78, 5) is 36.6. The predicted octanol–water partition coefficient (Wildman–Crippen LogP) is 2.66. The Morgan fingerprint density at radius 3 is 2.20 bits per heavy atom. The molecule has 0 aliphatic carbocycles. The summed E-state index contributed by atoms with van der Waals surface area (Å²) in [6, 6.07) is 23.2. The summed E-state index contributed by atoms with van der Waals surface area (Å²) in [5.41, 5.74) is 6.78. The van der Waals surface area contributed by atoms with Crippen molar-refractivity contribution in [2.45, 2.75) is 6.04 Å². The highest BCUT2D eigenvalue weighted by Gasteiger charge is 2.23. The first kappa shape index (κ1) is 20.6. The third-order valence-corrected chi connectivity index (χ3v) is 4.23. The molecule has 0 saturated heterocycles. The van der Waals surface area contributed by atoms with Crippen LogP contribution >= 0.6 is 0 Å². The van der Waals surface area contributed by atoms with Crippen molar-refractivity contribution in [3.63, 3.8) is 0 Å². The van der Waals surface area contributed by atoms with Gasteiger partial charge >= 0.3 is 0 Å². The predicted molar refractivity (Wildman–Crippen MR) is 113 cm³/mol. The van der Waals surface area contributed by atoms with Crippen LogP contribution in [0.5, 0.6) is 5.75 Å². The second kappa shape index (κ2) is 9.88. The molecule has 0 aliphatic rings. The van der Waals surface area contributed by atoms with Crippen LogP contribution in [0.2, 0.25) is 0 Å². The second-order valence-electron chi connectivity index (χ2n) is 6.45. The minimum absolute atomic E-state index is 0.275. The summed E-state index contributed by atoms with van der Waals surface area (Å²) in [5, 5.41) is 5.49. The van der Waals surface area contributed by atoms with Crippen LogP contribution in [0.3, 0.4) is 0 Å². The Balaban J connectivity index is 1.68. The Hall–Kier alpha value is -4.13. The van der Waals surface area contributed by atoms with Gasteiger partial charge in [-0.1, -0.05) is 54.6 Å². The van der Waals surface area contributed by atoms with Crippen molar-refractivity contribution >= 4 is 23.4 Å². The molecule has 4 N–H and O–H groups in total. The number of hydrogen-bond donors (Lipinski definition) is 3. The van der Waals surface area contributed by atoms with E-state index in [0.717, 1.165) is 0 Å². The Morgan fingerprint density at radius 1 is 0.867 bits per heavy atom. The number of benzene rings is 3. The maximum Gasteiger partial charge on any atom is 0.258 e. The number of ether oxygens (including phenoxy) is 1. The number of amides is 3. The highest BCUT2D eigenvalue weighted by Crippen LogP contribution is 2.17. The minimum Gasteiger partial charge on any atom is -0.484 e. The van der Waals surface area contributed by atoms with E-state index in [4.69, 9.17) is 10.5 Å². The standard InChI is InChI=1S/C23H21N3O4/c24-22(28)17-10-7-13-19(14-17)30-15-20(27)26-21(16-8-3-1-4-9-16)23(29)25-18-11-5-2-6-12-18/h1-14,21H,15H2,(H2,24,28)(H,25,29)(H,26,27). The molecule has 3 aromatic carbocycles. The number of para-hydroxylation sites is 1. The van der Waals surface area contributed by atoms with Crippen molar-refractivity contribution in [3.8, 4) is 5.75 Å². The molecule has 0 radical (unpaired) electrons. The Morgan fingerprint density at radius 2 is 1.53 bits per heavy atom. The van der Waals surface area contributed by atoms with Crippen LogP contribution in [-0.4, -0.2) is 24.3 Å². The fraction of sp³-hybridized carbons (Fsp3) is 0.0870. The molecule has 30 heavy (non-hydrogen) atoms. The molecular formula is C23H21N3O4. The molecule has 0 spiro atoms. The summed E-state index contributed by atoms with van der Waals surface area (Å²) >= 11 is 0. The van der Waals surface area contributed by atoms with Gasteiger partial charge in [-0.25, -0.2) is 0 Å². The zero-order chi connectivity index (χ0) is 21.3. The number of nitrogens with one attached hydrogen (secondary N) is 2. The maximum atomic E-state index is 12.8. The molecule has 7 heteroatoms. The minimum atomic E-state index is -0.903. The summed E-state index contributed by atoms with van der Waals surface area (Å²) < 4.78 is 5.44. The lowest BCUT2D eigenvalue weighted by atomic mass is 10.1. The van der Waals surface area contributed by atoms with Crippen LogP contribution in [0, 0.1) is 0 Å². The summed E-state index contributed by atoms with van der Waals surface area (Å²) in [5.74, 6) is -1.13. The van der Waals surface area contributed by atoms with Gasteiger partial charge in [-0.15, -0.1) is 0 Å². The molecule has 152 valence electrons. The largest absolute Gasteiger partial charge is 0.484 e. The topological polar surface area (TPSA) is 111 Å². The number of hydrogen-bond acceptors (Lipinski definition) is 4. The Labute approximate surface area is 173 Å². The quantitative estimate of drug-likeness (QED) is 0.537. The summed E-state index contributed by atoms with van der Waals surface area (Å²) in [6.45, 7) is -0.329. The van der Waals surface area contributed by atoms with Gasteiger partial charge in [0.25, 0.3) is 11.8 Å². The second-order valence-corrected chi connectivity index (χ2v) is 6.45. The number of carbonyl (C=O) groups excluding carboxylic acids is 3. The van der Waals surface area contributed by atoms with E-state index in [1.807, 2.05) is 12.1 Å². The van der Waals surface area contributed by atoms with E-state index < -0.39 is 17.9 Å². The van der Waals surface area contributed by atoms with E-state index in [2.05, 4.69) is 10.6 Å². The van der Waals surface area contributed by atoms with Crippen LogP contribution in [0.15, 0.2) is 84.9 Å². The lowest BCUT2D eigenvalue weighted by Gasteiger charge is -2.19. The highest BCUT2D eigenvalue weighted by molar-refractivity contribution is 5.98. The number of carbonyl (C=O) groups is 3. The van der Waals surface area contributed by atoms with Crippen LogP contribution in [-0.2, 0) is 9.59 Å². The van der Waals surface area contributed by atoms with E-state index in [1.165, 1.54) is 6.07 Å². The Bertz CT molecular complexity index is 1020. The molecule has 0 heterocycles. The van der Waals surface area contributed by atoms with Crippen LogP contribution < -0.4 is 21.1 Å². The third kappa shape index (κ3) is 5.68. The van der Waals surface area contributed by atoms with Crippen LogP contribution in [0.25, 0.3) is 0 Å². The lowest BCUT2D eigenvalue weighted by molar-refractivity contribution is -0.128. The van der Waals surface area contributed by atoms with Gasteiger partial charge in [0, 0.05) is 11.3 Å². The number of nitrogens with two attached hydrogens (primary N) is 1. The van der Waals surface area contributed by atoms with Gasteiger partial charge in [0.1, 0.15) is 11.8 Å². The zero-order valence-corrected chi connectivity index (χ0v) is 16.1. The Kier molecular flexibility index (Phi) is 6.78. The smallest absolute Gasteiger partial charge is 0.258 e. The van der Waals surface area contributed by atoms with E-state index in [9.17, 15) is 14.4 Å². The molecule has 3 amide bonds. The van der Waals surface area contributed by atoms with Crippen molar-refractivity contribution in [3.05, 3.63) is 96.1 Å². The number of primary amides is 1. The molecule has 7 nitrogen and oxygen atoms in total. The first-order chi connectivity index (χ1) is 14.5. The molecule has 0 saturated carbocycles. The zero-order valence-electron chi connectivity index (χ0n) is 16.1. The van der Waals surface area contributed by atoms with Gasteiger partial charge in [-0.3, -0.25) is 14.4 Å². The van der Waals surface area contributed by atoms with Crippen molar-refractivity contribution in [2.24, 2.45) is 5.73 Å². The van der Waals surface area contributed by atoms with Gasteiger partial charge in [0.2, 0.25) is 5.91 Å². The summed E-state index contributed by atoms with van der Waals surface area (Å²) in [7, 11) is 0. The third-order valence-electron chi connectivity index (χ3n) is 4.23. The molecule has 0 bridgehead atoms. The fourth-order valence-electron chi connectivity index (χ4n) is 2.77. The molecule has 0 aliphatic heterocycles. The lowest BCUT2D eigenvalue weighted by Crippen LogP contribution is -2.39. The molecule has 3 aromatic rings. The van der Waals surface area contributed by atoms with Crippen LogP contribution in [0.4, 0.5) is 5.69 Å². The highest BCUT2D eigenvalue weighted by atomic mass is 16.5. The normalized spacial score (nSPS) is 11.2. The molecule has 0 aromatic heterocycles. The van der Waals surface area contributed by atoms with Gasteiger partial charge in [-0.05, 0) is 35.9 Å². The average molecular weight is 403 g/mol. The maximum absolute atomic E-state index is 12.8. The average Bonchev–Trinajstić information content (AvgIpc) is 2.77. The SMILES string of the molecule is NC(=O)c1cccc(OCC(=O)NC(C(=O)Nc2ccccc2)c2ccccc2)c1. The van der Waals surface area contributed by atoms with Crippen LogP contribution in [0.1, 0.15) is 22.0 Å². The van der Waals surface area contributed by atoms with Crippen molar-refractivity contribution in [2.75, 3.05) is 11.9 Å². The monoisotopic (exact) mass is 403 g/mol. The van der Waals surface area contributed by atoms with Crippen molar-refractivity contribution in [1.29, 1.82) is 0 Å². The molecule has 3 rings (SSSR count). The van der Waals surface area contributed by atoms with Gasteiger partial charge in [0.05, 0.1) is 0 Å². The van der Waals surface area contributed by atoms with E-state index in [1.54, 1.807) is 66.7 Å². The number of rotatable bonds is 8. The summed E-state index contributed by atoms with van der Waals surface area (Å²) in [6.07, 6.45) is 0. The number of anilines is 1. The van der Waals surface area contributed by atoms with Crippen molar-refractivity contribution < 1.29 is 19.1 Å². The van der Waals surface area contributed by atoms with Gasteiger partial charge < -0.3 is 21.1 Å². The van der Waals surface area contributed by atoms with Crippen molar-refractivity contribution in [1.82, 2.24) is 5.32 Å². The van der Waals surface area contributed by atoms with E-state index in [-0.39, 0.29) is 18.1 Å². The molecule has 1 atom stereocenters. The van der Waals surface area contributed by atoms with E-state index >= 15 is 0 Å². The van der Waals surface area contributed by atoms with E-state index in [0.29, 0.717) is 17.0 Å².